The molecule has 1 saturated carbocycles. The van der Waals surface area contributed by atoms with E-state index in [-0.39, 0.29) is 47.7 Å². The molecular formula is C26H24N2O6. The van der Waals surface area contributed by atoms with E-state index < -0.39 is 5.97 Å². The Balaban J connectivity index is 1.28. The molecular weight excluding hydrogens is 436 g/mol. The maximum absolute atomic E-state index is 12.8. The average Bonchev–Trinajstić information content (AvgIpc) is 3.52. The van der Waals surface area contributed by atoms with Gasteiger partial charge < -0.3 is 14.6 Å². The van der Waals surface area contributed by atoms with Crippen LogP contribution in [0.2, 0.25) is 0 Å². The quantitative estimate of drug-likeness (QED) is 0.367. The van der Waals surface area contributed by atoms with Gasteiger partial charge in [0.25, 0.3) is 11.8 Å². The van der Waals surface area contributed by atoms with Crippen LogP contribution >= 0.6 is 0 Å². The van der Waals surface area contributed by atoms with Gasteiger partial charge in [-0.05, 0) is 66.6 Å². The highest BCUT2D eigenvalue weighted by Crippen LogP contribution is 2.52. The highest BCUT2D eigenvalue weighted by atomic mass is 16.5. The van der Waals surface area contributed by atoms with Crippen molar-refractivity contribution < 1.29 is 29.0 Å². The number of carbonyl (C=O) groups excluding carboxylic acids is 2. The Hall–Kier alpha value is -3.94. The second kappa shape index (κ2) is 8.78. The van der Waals surface area contributed by atoms with Crippen LogP contribution in [0.25, 0.3) is 0 Å². The van der Waals surface area contributed by atoms with Crippen LogP contribution in [-0.4, -0.2) is 40.7 Å². The van der Waals surface area contributed by atoms with Gasteiger partial charge in [-0.25, -0.2) is 4.79 Å². The summed E-state index contributed by atoms with van der Waals surface area (Å²) in [5.74, 6) is -0.658. The van der Waals surface area contributed by atoms with Crippen LogP contribution < -0.4 is 9.47 Å². The third kappa shape index (κ3) is 3.85. The van der Waals surface area contributed by atoms with Crippen LogP contribution in [0.4, 0.5) is 0 Å². The number of nitrogens with zero attached hydrogens (tertiary/aromatic N) is 2. The molecule has 0 aromatic heterocycles. The van der Waals surface area contributed by atoms with Crippen molar-refractivity contribution >= 4 is 24.0 Å². The summed E-state index contributed by atoms with van der Waals surface area (Å²) in [5.41, 5.74) is 1.70. The molecule has 1 saturated heterocycles. The summed E-state index contributed by atoms with van der Waals surface area (Å²) in [6, 6.07) is 11.7. The number of benzene rings is 2. The Morgan fingerprint density at radius 3 is 2.32 bits per heavy atom. The van der Waals surface area contributed by atoms with Gasteiger partial charge in [0.15, 0.2) is 11.5 Å². The lowest BCUT2D eigenvalue weighted by Crippen LogP contribution is -2.28. The van der Waals surface area contributed by atoms with Gasteiger partial charge >= 0.3 is 5.97 Å². The number of rotatable bonds is 8. The zero-order valence-corrected chi connectivity index (χ0v) is 18.6. The van der Waals surface area contributed by atoms with Crippen molar-refractivity contribution in [1.82, 2.24) is 5.01 Å². The molecule has 2 amide bonds. The van der Waals surface area contributed by atoms with E-state index in [1.165, 1.54) is 18.3 Å². The van der Waals surface area contributed by atoms with Crippen molar-refractivity contribution in [1.29, 1.82) is 0 Å². The van der Waals surface area contributed by atoms with Crippen molar-refractivity contribution in [3.8, 4) is 11.5 Å². The molecule has 3 aliphatic rings. The molecule has 1 aliphatic heterocycles. The highest BCUT2D eigenvalue weighted by Gasteiger charge is 2.59. The molecule has 5 rings (SSSR count). The molecule has 0 radical (unpaired) electrons. The molecule has 2 aliphatic carbocycles. The number of carboxylic acids is 1. The van der Waals surface area contributed by atoms with Gasteiger partial charge in [-0.1, -0.05) is 24.3 Å². The Bertz CT molecular complexity index is 1170. The molecule has 2 aromatic rings. The first-order chi connectivity index (χ1) is 16.5. The second-order valence-electron chi connectivity index (χ2n) is 8.66. The summed E-state index contributed by atoms with van der Waals surface area (Å²) in [5, 5.41) is 14.3. The van der Waals surface area contributed by atoms with Gasteiger partial charge in [0.1, 0.15) is 6.61 Å². The minimum absolute atomic E-state index is 0.146. The Morgan fingerprint density at radius 2 is 1.71 bits per heavy atom. The smallest absolute Gasteiger partial charge is 0.335 e. The number of hydrogen-bond acceptors (Lipinski definition) is 6. The van der Waals surface area contributed by atoms with Crippen LogP contribution in [0, 0.1) is 23.7 Å². The van der Waals surface area contributed by atoms with Crippen LogP contribution in [0.1, 0.15) is 34.8 Å². The molecule has 34 heavy (non-hydrogen) atoms. The molecule has 174 valence electrons. The third-order valence-electron chi connectivity index (χ3n) is 6.63. The van der Waals surface area contributed by atoms with E-state index in [9.17, 15) is 14.4 Å². The van der Waals surface area contributed by atoms with E-state index in [1.54, 1.807) is 30.3 Å². The van der Waals surface area contributed by atoms with E-state index in [0.717, 1.165) is 17.0 Å². The number of carboxylic acid groups (broad SMARTS) is 1. The number of allylic oxidation sites excluding steroid dienone is 2. The summed E-state index contributed by atoms with van der Waals surface area (Å²) in [7, 11) is 0. The predicted octanol–water partition coefficient (Wildman–Crippen LogP) is 3.50. The number of carbonyl (C=O) groups is 3. The number of imide groups is 1. The maximum atomic E-state index is 12.8. The number of hydrazone groups is 1. The van der Waals surface area contributed by atoms with Gasteiger partial charge in [0.05, 0.1) is 30.2 Å². The first-order valence-corrected chi connectivity index (χ1v) is 11.3. The SMILES string of the molecule is CCOc1cc(C=NN2C(=O)[C@@H]3[C@H](C2=O)[C@H]2C=C[C@H]3C2)ccc1OCc1ccc(C(=O)O)cc1. The second-order valence-corrected chi connectivity index (χ2v) is 8.66. The predicted molar refractivity (Wildman–Crippen MR) is 123 cm³/mol. The highest BCUT2D eigenvalue weighted by molar-refractivity contribution is 6.06. The fourth-order valence-corrected chi connectivity index (χ4v) is 5.02. The zero-order chi connectivity index (χ0) is 23.8. The Kier molecular flexibility index (Phi) is 5.65. The van der Waals surface area contributed by atoms with Crippen molar-refractivity contribution in [2.75, 3.05) is 6.61 Å². The lowest BCUT2D eigenvalue weighted by molar-refractivity contribution is -0.140. The topological polar surface area (TPSA) is 106 Å². The van der Waals surface area contributed by atoms with Crippen molar-refractivity contribution in [3.63, 3.8) is 0 Å². The number of amides is 2. The Labute approximate surface area is 196 Å². The van der Waals surface area contributed by atoms with Gasteiger partial charge in [0.2, 0.25) is 0 Å². The lowest BCUT2D eigenvalue weighted by atomic mass is 9.85. The van der Waals surface area contributed by atoms with Crippen molar-refractivity contribution in [3.05, 3.63) is 71.3 Å². The van der Waals surface area contributed by atoms with E-state index in [0.29, 0.717) is 23.7 Å². The zero-order valence-electron chi connectivity index (χ0n) is 18.6. The number of fused-ring (bicyclic) bond motifs is 5. The number of aromatic carboxylic acids is 1. The van der Waals surface area contributed by atoms with Crippen molar-refractivity contribution in [2.45, 2.75) is 20.0 Å². The van der Waals surface area contributed by atoms with Gasteiger partial charge in [-0.15, -0.1) is 0 Å². The molecule has 1 N–H and O–H groups in total. The molecule has 2 aromatic carbocycles. The first-order valence-electron chi connectivity index (χ1n) is 11.3. The summed E-state index contributed by atoms with van der Waals surface area (Å²) >= 11 is 0. The standard InChI is InChI=1S/C26H24N2O6/c1-2-33-21-11-16(5-10-20(21)34-14-15-3-6-17(7-4-15)26(31)32)13-27-28-24(29)22-18-8-9-19(12-18)23(22)25(28)30/h3-11,13,18-19,22-23H,2,12,14H2,1H3,(H,31,32)/t18-,19-,22-,23+/m0/s1. The van der Waals surface area contributed by atoms with E-state index >= 15 is 0 Å². The van der Waals surface area contributed by atoms with Gasteiger partial charge in [-0.3, -0.25) is 9.59 Å². The van der Waals surface area contributed by atoms with Gasteiger partial charge in [-0.2, -0.15) is 10.1 Å². The molecule has 2 fully saturated rings. The van der Waals surface area contributed by atoms with Gasteiger partial charge in [0, 0.05) is 0 Å². The van der Waals surface area contributed by atoms with E-state index in [4.69, 9.17) is 14.6 Å². The summed E-state index contributed by atoms with van der Waals surface area (Å²) in [6.45, 7) is 2.52. The fraction of sp³-hybridized carbons (Fsp3) is 0.308. The minimum atomic E-state index is -0.979. The minimum Gasteiger partial charge on any atom is -0.490 e. The third-order valence-corrected chi connectivity index (χ3v) is 6.63. The normalized spacial score (nSPS) is 24.8. The molecule has 1 heterocycles. The lowest BCUT2D eigenvalue weighted by Gasteiger charge is -2.13. The van der Waals surface area contributed by atoms with Crippen LogP contribution in [0.5, 0.6) is 11.5 Å². The molecule has 8 heteroatoms. The van der Waals surface area contributed by atoms with E-state index in [1.807, 2.05) is 6.92 Å². The first kappa shape index (κ1) is 21.9. The maximum Gasteiger partial charge on any atom is 0.335 e. The van der Waals surface area contributed by atoms with E-state index in [2.05, 4.69) is 17.3 Å². The molecule has 2 bridgehead atoms. The Morgan fingerprint density at radius 1 is 1.03 bits per heavy atom. The van der Waals surface area contributed by atoms with Crippen LogP contribution in [0.15, 0.2) is 59.7 Å². The fourth-order valence-electron chi connectivity index (χ4n) is 5.02. The molecule has 8 nitrogen and oxygen atoms in total. The molecule has 4 atom stereocenters. The largest absolute Gasteiger partial charge is 0.490 e. The summed E-state index contributed by atoms with van der Waals surface area (Å²) in [6.07, 6.45) is 6.48. The monoisotopic (exact) mass is 460 g/mol. The summed E-state index contributed by atoms with van der Waals surface area (Å²) in [4.78, 5) is 36.6. The van der Waals surface area contributed by atoms with Crippen LogP contribution in [-0.2, 0) is 16.2 Å². The summed E-state index contributed by atoms with van der Waals surface area (Å²) < 4.78 is 11.6. The van der Waals surface area contributed by atoms with Crippen molar-refractivity contribution in [2.24, 2.45) is 28.8 Å². The van der Waals surface area contributed by atoms with Crippen LogP contribution in [0.3, 0.4) is 0 Å². The molecule has 0 unspecified atom stereocenters. The number of ether oxygens (including phenoxy) is 2. The number of hydrogen-bond donors (Lipinski definition) is 1. The average molecular weight is 460 g/mol. The molecule has 0 spiro atoms.